The first kappa shape index (κ1) is 18.0. The van der Waals surface area contributed by atoms with Gasteiger partial charge in [-0.15, -0.1) is 0 Å². The molecule has 0 saturated carbocycles. The maximum Gasteiger partial charge on any atom is 0.296 e. The monoisotopic (exact) mass is 385 g/mol. The van der Waals surface area contributed by atoms with Crippen LogP contribution in [0, 0.1) is 11.8 Å². The molecule has 118 valence electrons. The highest BCUT2D eigenvalue weighted by Gasteiger charge is 2.01. The summed E-state index contributed by atoms with van der Waals surface area (Å²) in [6, 6.07) is 10.3. The van der Waals surface area contributed by atoms with Crippen molar-refractivity contribution in [2.24, 2.45) is 0 Å². The lowest BCUT2D eigenvalue weighted by molar-refractivity contribution is -0.115. The van der Waals surface area contributed by atoms with Crippen molar-refractivity contribution in [3.05, 3.63) is 67.6 Å². The Labute approximate surface area is 154 Å². The van der Waals surface area contributed by atoms with E-state index < -0.39 is 0 Å². The second-order valence-corrected chi connectivity index (χ2v) is 6.29. The van der Waals surface area contributed by atoms with Crippen LogP contribution in [0.15, 0.2) is 36.4 Å². The van der Waals surface area contributed by atoms with Gasteiger partial charge in [0.2, 0.25) is 0 Å². The molecule has 0 unspecified atom stereocenters. The number of hydrogen-bond acceptors (Lipinski definition) is 1. The summed E-state index contributed by atoms with van der Waals surface area (Å²) in [7, 11) is 0. The third kappa shape index (κ3) is 5.64. The van der Waals surface area contributed by atoms with E-state index >= 15 is 0 Å². The molecule has 0 radical (unpaired) electrons. The van der Waals surface area contributed by atoms with Gasteiger partial charge in [-0.2, -0.15) is 0 Å². The van der Waals surface area contributed by atoms with E-state index in [1.54, 1.807) is 30.3 Å². The molecule has 0 aliphatic carbocycles. The third-order valence-electron chi connectivity index (χ3n) is 2.93. The fraction of sp³-hybridized carbons (Fsp3) is 0.118. The highest BCUT2D eigenvalue weighted by Crippen LogP contribution is 2.22. The molecule has 2 aromatic carbocycles. The Kier molecular flexibility index (Phi) is 6.62. The standard InChI is InChI=1S/C17H11Cl4NO/c18-13-4-2-12(15(20)10-13)3-6-17(23)22-8-7-11-1-5-14(19)16(21)9-11/h1-2,4-5,9-10H,7-8H2,(H,22,23). The first-order chi connectivity index (χ1) is 11.0. The molecule has 0 aliphatic rings. The Morgan fingerprint density at radius 1 is 0.957 bits per heavy atom. The summed E-state index contributed by atoms with van der Waals surface area (Å²) in [5, 5.41) is 4.64. The van der Waals surface area contributed by atoms with E-state index in [4.69, 9.17) is 46.4 Å². The molecule has 2 rings (SSSR count). The Hall–Kier alpha value is -1.37. The second kappa shape index (κ2) is 8.47. The zero-order valence-corrected chi connectivity index (χ0v) is 14.8. The van der Waals surface area contributed by atoms with Gasteiger partial charge in [-0.1, -0.05) is 58.4 Å². The third-order valence-corrected chi connectivity index (χ3v) is 4.21. The summed E-state index contributed by atoms with van der Waals surface area (Å²) < 4.78 is 0. The molecule has 0 bridgehead atoms. The summed E-state index contributed by atoms with van der Waals surface area (Å²) in [5.74, 6) is 4.83. The molecular formula is C17H11Cl4NO. The van der Waals surface area contributed by atoms with E-state index in [0.29, 0.717) is 38.6 Å². The molecular weight excluding hydrogens is 376 g/mol. The molecule has 0 saturated heterocycles. The largest absolute Gasteiger partial charge is 0.345 e. The van der Waals surface area contributed by atoms with Crippen LogP contribution >= 0.6 is 46.4 Å². The van der Waals surface area contributed by atoms with E-state index in [1.807, 2.05) is 6.07 Å². The molecule has 6 heteroatoms. The van der Waals surface area contributed by atoms with E-state index in [-0.39, 0.29) is 5.91 Å². The topological polar surface area (TPSA) is 29.1 Å². The predicted molar refractivity (Wildman–Crippen MR) is 96.5 cm³/mol. The van der Waals surface area contributed by atoms with Crippen LogP contribution in [0.3, 0.4) is 0 Å². The SMILES string of the molecule is O=C(C#Cc1ccc(Cl)cc1Cl)NCCc1ccc(Cl)c(Cl)c1. The number of halogens is 4. The number of carbonyl (C=O) groups is 1. The first-order valence-electron chi connectivity index (χ1n) is 6.64. The lowest BCUT2D eigenvalue weighted by Crippen LogP contribution is -2.24. The van der Waals surface area contributed by atoms with Gasteiger partial charge in [0.25, 0.3) is 5.91 Å². The van der Waals surface area contributed by atoms with E-state index in [1.165, 1.54) is 0 Å². The number of hydrogen-bond donors (Lipinski definition) is 1. The van der Waals surface area contributed by atoms with E-state index in [2.05, 4.69) is 17.2 Å². The summed E-state index contributed by atoms with van der Waals surface area (Å²) in [6.45, 7) is 0.444. The zero-order valence-electron chi connectivity index (χ0n) is 11.8. The molecule has 2 aromatic rings. The van der Waals surface area contributed by atoms with Crippen molar-refractivity contribution >= 4 is 52.3 Å². The van der Waals surface area contributed by atoms with Gasteiger partial charge in [0.15, 0.2) is 0 Å². The Morgan fingerprint density at radius 3 is 2.43 bits per heavy atom. The van der Waals surface area contributed by atoms with Gasteiger partial charge in [-0.25, -0.2) is 0 Å². The average Bonchev–Trinajstić information content (AvgIpc) is 2.50. The maximum atomic E-state index is 11.7. The van der Waals surface area contributed by atoms with Crippen molar-refractivity contribution < 1.29 is 4.79 Å². The Morgan fingerprint density at radius 2 is 1.74 bits per heavy atom. The number of carbonyl (C=O) groups excluding carboxylic acids is 1. The van der Waals surface area contributed by atoms with Crippen LogP contribution in [0.2, 0.25) is 20.1 Å². The van der Waals surface area contributed by atoms with Gasteiger partial charge in [0.1, 0.15) is 0 Å². The zero-order chi connectivity index (χ0) is 16.8. The van der Waals surface area contributed by atoms with Crippen molar-refractivity contribution in [1.29, 1.82) is 0 Å². The molecule has 0 fully saturated rings. The highest BCUT2D eigenvalue weighted by atomic mass is 35.5. The lowest BCUT2D eigenvalue weighted by Gasteiger charge is -2.03. The molecule has 23 heavy (non-hydrogen) atoms. The number of benzene rings is 2. The molecule has 1 N–H and O–H groups in total. The Balaban J connectivity index is 1.88. The predicted octanol–water partition coefficient (Wildman–Crippen LogP) is 5.01. The summed E-state index contributed by atoms with van der Waals surface area (Å²) in [6.07, 6.45) is 0.631. The van der Waals surface area contributed by atoms with Crippen LogP contribution in [-0.2, 0) is 11.2 Å². The van der Waals surface area contributed by atoms with E-state index in [9.17, 15) is 4.79 Å². The molecule has 1 amide bonds. The van der Waals surface area contributed by atoms with Crippen LogP contribution in [0.4, 0.5) is 0 Å². The van der Waals surface area contributed by atoms with Crippen LogP contribution in [0.5, 0.6) is 0 Å². The van der Waals surface area contributed by atoms with Crippen molar-refractivity contribution in [3.8, 4) is 11.8 Å². The van der Waals surface area contributed by atoms with Crippen LogP contribution < -0.4 is 5.32 Å². The van der Waals surface area contributed by atoms with Gasteiger partial charge in [-0.3, -0.25) is 4.79 Å². The number of nitrogens with one attached hydrogen (secondary N) is 1. The van der Waals surface area contributed by atoms with Crippen LogP contribution in [0.1, 0.15) is 11.1 Å². The van der Waals surface area contributed by atoms with Crippen LogP contribution in [-0.4, -0.2) is 12.5 Å². The molecule has 0 spiro atoms. The number of amides is 1. The first-order valence-corrected chi connectivity index (χ1v) is 8.16. The second-order valence-electron chi connectivity index (χ2n) is 4.63. The van der Waals surface area contributed by atoms with Crippen molar-refractivity contribution in [2.45, 2.75) is 6.42 Å². The fourth-order valence-electron chi connectivity index (χ4n) is 1.77. The normalized spacial score (nSPS) is 9.91. The minimum Gasteiger partial charge on any atom is -0.345 e. The smallest absolute Gasteiger partial charge is 0.296 e. The highest BCUT2D eigenvalue weighted by molar-refractivity contribution is 6.42. The number of rotatable bonds is 3. The summed E-state index contributed by atoms with van der Waals surface area (Å²) in [5.41, 5.74) is 1.53. The van der Waals surface area contributed by atoms with E-state index in [0.717, 1.165) is 5.56 Å². The minimum atomic E-state index is -0.379. The van der Waals surface area contributed by atoms with Crippen molar-refractivity contribution in [1.82, 2.24) is 5.32 Å². The van der Waals surface area contributed by atoms with Crippen molar-refractivity contribution in [3.63, 3.8) is 0 Å². The molecule has 0 atom stereocenters. The van der Waals surface area contributed by atoms with Crippen LogP contribution in [0.25, 0.3) is 0 Å². The molecule has 2 nitrogen and oxygen atoms in total. The molecule has 0 aromatic heterocycles. The minimum absolute atomic E-state index is 0.379. The summed E-state index contributed by atoms with van der Waals surface area (Å²) >= 11 is 23.6. The van der Waals surface area contributed by atoms with Gasteiger partial charge in [0, 0.05) is 23.1 Å². The fourth-order valence-corrected chi connectivity index (χ4v) is 2.55. The van der Waals surface area contributed by atoms with Gasteiger partial charge in [-0.05, 0) is 42.3 Å². The Bertz CT molecular complexity index is 793. The maximum absolute atomic E-state index is 11.7. The average molecular weight is 387 g/mol. The van der Waals surface area contributed by atoms with Gasteiger partial charge in [0.05, 0.1) is 15.1 Å². The quantitative estimate of drug-likeness (QED) is 0.738. The molecule has 0 aliphatic heterocycles. The summed E-state index contributed by atoms with van der Waals surface area (Å²) in [4.78, 5) is 11.7. The lowest BCUT2D eigenvalue weighted by atomic mass is 10.1. The van der Waals surface area contributed by atoms with Gasteiger partial charge >= 0.3 is 0 Å². The van der Waals surface area contributed by atoms with Crippen molar-refractivity contribution in [2.75, 3.05) is 6.54 Å². The molecule has 0 heterocycles. The van der Waals surface area contributed by atoms with Gasteiger partial charge < -0.3 is 5.32 Å².